The molecule has 13 rings (SSSR count). The highest BCUT2D eigenvalue weighted by Gasteiger charge is 2.51. The van der Waals surface area contributed by atoms with Crippen LogP contribution in [0.25, 0.3) is 66.4 Å². The Morgan fingerprint density at radius 3 is 1.62 bits per heavy atom. The van der Waals surface area contributed by atoms with Crippen molar-refractivity contribution in [3.05, 3.63) is 276 Å². The number of benzene rings is 10. The molecule has 312 valence electrons. The fourth-order valence-electron chi connectivity index (χ4n) is 11.4. The van der Waals surface area contributed by atoms with E-state index in [9.17, 15) is 0 Å². The van der Waals surface area contributed by atoms with E-state index in [2.05, 4.69) is 254 Å². The Morgan fingerprint density at radius 2 is 0.924 bits per heavy atom. The molecule has 1 heterocycles. The summed E-state index contributed by atoms with van der Waals surface area (Å²) in [6.07, 6.45) is -0.330. The van der Waals surface area contributed by atoms with E-state index < -0.39 is 5.41 Å². The first kappa shape index (κ1) is 38.4. The van der Waals surface area contributed by atoms with Gasteiger partial charge in [-0.1, -0.05) is 224 Å². The average molecular weight is 844 g/mol. The second kappa shape index (κ2) is 15.3. The van der Waals surface area contributed by atoms with Crippen LogP contribution in [0.3, 0.4) is 0 Å². The number of nitrogens with zero attached hydrogens (tertiary/aromatic N) is 2. The standard InChI is InChI=1S/C63H45N3/c1-66-61(44-20-6-3-7-21-44)64-60(48-23-16-22-46(39-48)41-17-4-2-5-18-41)65-62(66)45-33-31-43(32-34-45)59-49-24-9-8-19-42(49)35-37-50(59)47-36-38-54-53-27-12-15-30-57(53)63(58(54)40-47)55-28-13-10-25-51(55)52-26-11-14-29-56(52)63/h2-40,60-61,64H,1H3. The molecule has 10 aromatic rings. The lowest BCUT2D eigenvalue weighted by atomic mass is 9.70. The predicted molar refractivity (Wildman–Crippen MR) is 272 cm³/mol. The highest BCUT2D eigenvalue weighted by Crippen LogP contribution is 2.63. The molecule has 0 fully saturated rings. The molecule has 0 saturated carbocycles. The molecular weight excluding hydrogens is 799 g/mol. The highest BCUT2D eigenvalue weighted by molar-refractivity contribution is 6.06. The first-order valence-corrected chi connectivity index (χ1v) is 23.0. The number of rotatable bonds is 6. The third kappa shape index (κ3) is 5.83. The zero-order valence-electron chi connectivity index (χ0n) is 36.6. The molecule has 3 heteroatoms. The van der Waals surface area contributed by atoms with E-state index in [0.29, 0.717) is 0 Å². The van der Waals surface area contributed by atoms with E-state index in [0.717, 1.165) is 17.0 Å². The van der Waals surface area contributed by atoms with Gasteiger partial charge in [-0.15, -0.1) is 0 Å². The number of hydrogen-bond acceptors (Lipinski definition) is 3. The summed E-state index contributed by atoms with van der Waals surface area (Å²) in [5.41, 5.74) is 20.9. The van der Waals surface area contributed by atoms with Gasteiger partial charge in [-0.05, 0) is 112 Å². The summed E-state index contributed by atoms with van der Waals surface area (Å²) in [5.74, 6) is 0.947. The van der Waals surface area contributed by atoms with Crippen molar-refractivity contribution in [2.24, 2.45) is 4.99 Å². The van der Waals surface area contributed by atoms with Crippen LogP contribution in [0, 0.1) is 0 Å². The summed E-state index contributed by atoms with van der Waals surface area (Å²) < 4.78 is 0. The number of aliphatic imine (C=N–C) groups is 1. The van der Waals surface area contributed by atoms with Crippen LogP contribution in [0.4, 0.5) is 0 Å². The lowest BCUT2D eigenvalue weighted by Crippen LogP contribution is -2.46. The highest BCUT2D eigenvalue weighted by atomic mass is 15.4. The Kier molecular flexibility index (Phi) is 8.87. The fraction of sp³-hybridized carbons (Fsp3) is 0.0635. The SMILES string of the molecule is CN1C(c2ccc(-c3c(-c4ccc5c(c4)C4(c6ccccc6-c6ccccc64)c4ccccc4-5)ccc4ccccc34)cc2)=NC(c2cccc(-c3ccccc3)c2)NC1c1ccccc1. The van der Waals surface area contributed by atoms with Crippen molar-refractivity contribution >= 4 is 16.6 Å². The first-order chi connectivity index (χ1) is 32.6. The third-order valence-electron chi connectivity index (χ3n) is 14.4. The predicted octanol–water partition coefficient (Wildman–Crippen LogP) is 14.9. The monoisotopic (exact) mass is 843 g/mol. The van der Waals surface area contributed by atoms with Crippen LogP contribution >= 0.6 is 0 Å². The first-order valence-electron chi connectivity index (χ1n) is 23.0. The molecule has 2 unspecified atom stereocenters. The van der Waals surface area contributed by atoms with Gasteiger partial charge in [0.2, 0.25) is 0 Å². The van der Waals surface area contributed by atoms with Crippen molar-refractivity contribution in [3.63, 3.8) is 0 Å². The van der Waals surface area contributed by atoms with Crippen LogP contribution in [0.1, 0.15) is 51.3 Å². The second-order valence-corrected chi connectivity index (χ2v) is 17.9. The van der Waals surface area contributed by atoms with Crippen LogP contribution in [-0.2, 0) is 5.41 Å². The molecule has 0 bridgehead atoms. The molecular formula is C63H45N3. The molecule has 0 aromatic heterocycles. The van der Waals surface area contributed by atoms with Gasteiger partial charge in [0.1, 0.15) is 18.2 Å². The van der Waals surface area contributed by atoms with E-state index >= 15 is 0 Å². The topological polar surface area (TPSA) is 27.6 Å². The smallest absolute Gasteiger partial charge is 0.134 e. The van der Waals surface area contributed by atoms with Crippen molar-refractivity contribution in [1.29, 1.82) is 0 Å². The van der Waals surface area contributed by atoms with Gasteiger partial charge in [-0.2, -0.15) is 0 Å². The van der Waals surface area contributed by atoms with Crippen LogP contribution in [0.2, 0.25) is 0 Å². The van der Waals surface area contributed by atoms with E-state index in [1.807, 2.05) is 0 Å². The second-order valence-electron chi connectivity index (χ2n) is 17.9. The maximum atomic E-state index is 5.48. The third-order valence-corrected chi connectivity index (χ3v) is 14.4. The minimum Gasteiger partial charge on any atom is -0.340 e. The quantitative estimate of drug-likeness (QED) is 0.181. The van der Waals surface area contributed by atoms with E-state index in [1.165, 1.54) is 94.2 Å². The van der Waals surface area contributed by atoms with Crippen molar-refractivity contribution in [3.8, 4) is 55.6 Å². The normalized spacial score (nSPS) is 16.4. The molecule has 3 aliphatic rings. The molecule has 1 aliphatic heterocycles. The average Bonchev–Trinajstić information content (AvgIpc) is 3.86. The van der Waals surface area contributed by atoms with Gasteiger partial charge in [0.05, 0.1) is 5.41 Å². The Labute approximate surface area is 386 Å². The van der Waals surface area contributed by atoms with Gasteiger partial charge in [0.25, 0.3) is 0 Å². The number of fused-ring (bicyclic) bond motifs is 11. The van der Waals surface area contributed by atoms with Gasteiger partial charge < -0.3 is 4.90 Å². The Bertz CT molecular complexity index is 3470. The van der Waals surface area contributed by atoms with E-state index in [4.69, 9.17) is 4.99 Å². The lowest BCUT2D eigenvalue weighted by molar-refractivity contribution is 0.257. The van der Waals surface area contributed by atoms with Gasteiger partial charge >= 0.3 is 0 Å². The number of nitrogens with one attached hydrogen (secondary N) is 1. The van der Waals surface area contributed by atoms with Crippen LogP contribution in [-0.4, -0.2) is 17.8 Å². The summed E-state index contributed by atoms with van der Waals surface area (Å²) >= 11 is 0. The molecule has 3 nitrogen and oxygen atoms in total. The van der Waals surface area contributed by atoms with Crippen LogP contribution < -0.4 is 5.32 Å². The van der Waals surface area contributed by atoms with Gasteiger partial charge in [0.15, 0.2) is 0 Å². The van der Waals surface area contributed by atoms with Crippen molar-refractivity contribution in [2.75, 3.05) is 7.05 Å². The van der Waals surface area contributed by atoms with Gasteiger partial charge in [-0.3, -0.25) is 5.32 Å². The molecule has 0 radical (unpaired) electrons. The molecule has 2 aliphatic carbocycles. The molecule has 1 N–H and O–H groups in total. The minimum atomic E-state index is -0.409. The van der Waals surface area contributed by atoms with E-state index in [-0.39, 0.29) is 12.3 Å². The Morgan fingerprint density at radius 1 is 0.394 bits per heavy atom. The van der Waals surface area contributed by atoms with Crippen molar-refractivity contribution < 1.29 is 0 Å². The summed E-state index contributed by atoms with van der Waals surface area (Å²) in [6.45, 7) is 0. The van der Waals surface area contributed by atoms with Gasteiger partial charge in [0, 0.05) is 12.6 Å². The maximum absolute atomic E-state index is 5.48. The van der Waals surface area contributed by atoms with Gasteiger partial charge in [-0.25, -0.2) is 4.99 Å². The summed E-state index contributed by atoms with van der Waals surface area (Å²) in [6, 6.07) is 87.0. The largest absolute Gasteiger partial charge is 0.340 e. The molecule has 1 spiro atoms. The summed E-state index contributed by atoms with van der Waals surface area (Å²) in [4.78, 5) is 7.76. The molecule has 66 heavy (non-hydrogen) atoms. The zero-order valence-corrected chi connectivity index (χ0v) is 36.6. The minimum absolute atomic E-state index is 0.0820. The maximum Gasteiger partial charge on any atom is 0.134 e. The number of amidine groups is 1. The molecule has 0 saturated heterocycles. The van der Waals surface area contributed by atoms with Crippen LogP contribution in [0.15, 0.2) is 242 Å². The Hall–Kier alpha value is -8.11. The zero-order chi connectivity index (χ0) is 43.8. The summed E-state index contributed by atoms with van der Waals surface area (Å²) in [5, 5.41) is 6.34. The Balaban J connectivity index is 0.945. The summed E-state index contributed by atoms with van der Waals surface area (Å²) in [7, 11) is 2.15. The lowest BCUT2D eigenvalue weighted by Gasteiger charge is -2.39. The molecule has 2 atom stereocenters. The number of hydrogen-bond donors (Lipinski definition) is 1. The van der Waals surface area contributed by atoms with Crippen molar-refractivity contribution in [2.45, 2.75) is 17.7 Å². The van der Waals surface area contributed by atoms with Crippen LogP contribution in [0.5, 0.6) is 0 Å². The van der Waals surface area contributed by atoms with E-state index in [1.54, 1.807) is 0 Å². The molecule has 10 aromatic carbocycles. The van der Waals surface area contributed by atoms with Crippen molar-refractivity contribution in [1.82, 2.24) is 10.2 Å². The molecule has 0 amide bonds. The fourth-order valence-corrected chi connectivity index (χ4v) is 11.4.